The van der Waals surface area contributed by atoms with Crippen molar-refractivity contribution in [3.05, 3.63) is 48.0 Å². The molecule has 2 N–H and O–H groups in total. The number of rotatable bonds is 5. The number of hydrogen-bond donors (Lipinski definition) is 2. The Morgan fingerprint density at radius 2 is 1.94 bits per heavy atom. The van der Waals surface area contributed by atoms with E-state index in [0.717, 1.165) is 50.5 Å². The first-order valence-electron chi connectivity index (χ1n) is 11.1. The van der Waals surface area contributed by atoms with E-state index in [0.29, 0.717) is 23.7 Å². The number of anilines is 2. The molecule has 1 spiro atoms. The van der Waals surface area contributed by atoms with E-state index in [1.54, 1.807) is 26.4 Å². The van der Waals surface area contributed by atoms with Gasteiger partial charge in [0.1, 0.15) is 23.0 Å². The van der Waals surface area contributed by atoms with Gasteiger partial charge in [-0.05, 0) is 24.3 Å². The van der Waals surface area contributed by atoms with Crippen LogP contribution in [0.4, 0.5) is 11.4 Å². The second-order valence-corrected chi connectivity index (χ2v) is 8.45. The van der Waals surface area contributed by atoms with Crippen LogP contribution in [0, 0.1) is 0 Å². The second kappa shape index (κ2) is 8.35. The quantitative estimate of drug-likeness (QED) is 0.752. The van der Waals surface area contributed by atoms with E-state index in [2.05, 4.69) is 44.7 Å². The van der Waals surface area contributed by atoms with Gasteiger partial charge < -0.3 is 25.0 Å². The zero-order chi connectivity index (χ0) is 22.1. The van der Waals surface area contributed by atoms with Crippen LogP contribution in [0.1, 0.15) is 18.4 Å². The zero-order valence-electron chi connectivity index (χ0n) is 18.6. The van der Waals surface area contributed by atoms with Gasteiger partial charge in [-0.3, -0.25) is 14.7 Å². The number of nitrogens with zero attached hydrogens (tertiary/aromatic N) is 3. The largest absolute Gasteiger partial charge is 0.497 e. The van der Waals surface area contributed by atoms with Crippen molar-refractivity contribution in [3.8, 4) is 11.5 Å². The van der Waals surface area contributed by atoms with Crippen molar-refractivity contribution in [1.29, 1.82) is 0 Å². The second-order valence-electron chi connectivity index (χ2n) is 8.45. The van der Waals surface area contributed by atoms with E-state index >= 15 is 0 Å². The number of fused-ring (bicyclic) bond motifs is 4. The van der Waals surface area contributed by atoms with Gasteiger partial charge in [-0.2, -0.15) is 0 Å². The molecule has 8 heteroatoms. The van der Waals surface area contributed by atoms with Crippen molar-refractivity contribution in [2.75, 3.05) is 57.6 Å². The Kier molecular flexibility index (Phi) is 5.38. The molecule has 0 radical (unpaired) electrons. The number of benzene rings is 2. The van der Waals surface area contributed by atoms with Crippen molar-refractivity contribution < 1.29 is 14.3 Å². The number of amidine groups is 1. The molecule has 168 valence electrons. The van der Waals surface area contributed by atoms with Gasteiger partial charge in [0, 0.05) is 49.8 Å². The standard InChI is InChI=1S/C24H29N5O3/c1-31-17-7-8-21(32-2)20(15-17)26-22(30)16-28-12-9-24(10-13-28)27-19-6-4-3-5-18(19)23-25-11-14-29(23)24/h3-8,15,27H,9-14,16H2,1-2H3,(H,26,30). The number of piperidine rings is 1. The first-order valence-corrected chi connectivity index (χ1v) is 11.1. The topological polar surface area (TPSA) is 78.4 Å². The highest BCUT2D eigenvalue weighted by atomic mass is 16.5. The number of likely N-dealkylation sites (tertiary alicyclic amines) is 1. The molecule has 3 aliphatic rings. The van der Waals surface area contributed by atoms with Crippen LogP contribution in [0.15, 0.2) is 47.5 Å². The maximum atomic E-state index is 12.8. The molecule has 3 aliphatic heterocycles. The van der Waals surface area contributed by atoms with Gasteiger partial charge in [0.05, 0.1) is 33.0 Å². The summed E-state index contributed by atoms with van der Waals surface area (Å²) in [7, 11) is 3.19. The number of ether oxygens (including phenoxy) is 2. The van der Waals surface area contributed by atoms with E-state index in [9.17, 15) is 4.79 Å². The van der Waals surface area contributed by atoms with Crippen LogP contribution in [0.2, 0.25) is 0 Å². The third-order valence-corrected chi connectivity index (χ3v) is 6.62. The Hall–Kier alpha value is -3.26. The summed E-state index contributed by atoms with van der Waals surface area (Å²) in [5, 5.41) is 6.79. The average Bonchev–Trinajstić information content (AvgIpc) is 3.32. The fourth-order valence-electron chi connectivity index (χ4n) is 4.98. The van der Waals surface area contributed by atoms with Gasteiger partial charge in [-0.25, -0.2) is 0 Å². The normalized spacial score (nSPS) is 18.9. The van der Waals surface area contributed by atoms with Crippen molar-refractivity contribution in [1.82, 2.24) is 9.80 Å². The monoisotopic (exact) mass is 435 g/mol. The van der Waals surface area contributed by atoms with Gasteiger partial charge in [0.25, 0.3) is 0 Å². The van der Waals surface area contributed by atoms with Gasteiger partial charge in [0.15, 0.2) is 0 Å². The van der Waals surface area contributed by atoms with Crippen LogP contribution in [0.3, 0.4) is 0 Å². The molecular weight excluding hydrogens is 406 g/mol. The van der Waals surface area contributed by atoms with E-state index in [-0.39, 0.29) is 11.6 Å². The number of carbonyl (C=O) groups excluding carboxylic acids is 1. The van der Waals surface area contributed by atoms with Crippen molar-refractivity contribution in [3.63, 3.8) is 0 Å². The number of methoxy groups -OCH3 is 2. The minimum Gasteiger partial charge on any atom is -0.497 e. The molecule has 1 saturated heterocycles. The minimum atomic E-state index is -0.132. The third-order valence-electron chi connectivity index (χ3n) is 6.62. The van der Waals surface area contributed by atoms with Gasteiger partial charge >= 0.3 is 0 Å². The minimum absolute atomic E-state index is 0.0575. The lowest BCUT2D eigenvalue weighted by molar-refractivity contribution is -0.117. The number of nitrogens with one attached hydrogen (secondary N) is 2. The maximum Gasteiger partial charge on any atom is 0.238 e. The molecule has 2 aromatic carbocycles. The first-order chi connectivity index (χ1) is 15.6. The Morgan fingerprint density at radius 3 is 2.72 bits per heavy atom. The summed E-state index contributed by atoms with van der Waals surface area (Å²) in [6, 6.07) is 13.8. The average molecular weight is 436 g/mol. The lowest BCUT2D eigenvalue weighted by Gasteiger charge is -2.52. The summed E-state index contributed by atoms with van der Waals surface area (Å²) >= 11 is 0. The smallest absolute Gasteiger partial charge is 0.238 e. The van der Waals surface area contributed by atoms with Crippen LogP contribution in [-0.2, 0) is 4.79 Å². The highest BCUT2D eigenvalue weighted by molar-refractivity contribution is 6.06. The Bertz CT molecular complexity index is 1050. The molecule has 5 rings (SSSR count). The Balaban J connectivity index is 1.24. The van der Waals surface area contributed by atoms with Crippen LogP contribution >= 0.6 is 0 Å². The summed E-state index contributed by atoms with van der Waals surface area (Å²) in [6.07, 6.45) is 1.85. The lowest BCUT2D eigenvalue weighted by atomic mass is 9.90. The van der Waals surface area contributed by atoms with Crippen LogP contribution < -0.4 is 20.1 Å². The molecule has 0 atom stereocenters. The Labute approximate surface area is 188 Å². The molecular formula is C24H29N5O3. The molecule has 0 bridgehead atoms. The van der Waals surface area contributed by atoms with Crippen LogP contribution in [0.25, 0.3) is 0 Å². The summed E-state index contributed by atoms with van der Waals surface area (Å²) in [4.78, 5) is 22.2. The number of aliphatic imine (C=N–C) groups is 1. The molecule has 0 unspecified atom stereocenters. The molecule has 1 amide bonds. The van der Waals surface area contributed by atoms with E-state index in [1.807, 2.05) is 6.07 Å². The fourth-order valence-corrected chi connectivity index (χ4v) is 4.98. The molecule has 1 fully saturated rings. The predicted octanol–water partition coefficient (Wildman–Crippen LogP) is 2.62. The maximum absolute atomic E-state index is 12.8. The Morgan fingerprint density at radius 1 is 1.12 bits per heavy atom. The predicted molar refractivity (Wildman–Crippen MR) is 125 cm³/mol. The van der Waals surface area contributed by atoms with Crippen LogP contribution in [-0.4, -0.2) is 74.1 Å². The number of hydrogen-bond acceptors (Lipinski definition) is 7. The van der Waals surface area contributed by atoms with Crippen molar-refractivity contribution in [2.45, 2.75) is 18.5 Å². The molecule has 32 heavy (non-hydrogen) atoms. The third kappa shape index (κ3) is 3.64. The number of carbonyl (C=O) groups is 1. The summed E-state index contributed by atoms with van der Waals surface area (Å²) < 4.78 is 10.6. The summed E-state index contributed by atoms with van der Waals surface area (Å²) in [5.74, 6) is 2.34. The molecule has 3 heterocycles. The SMILES string of the molecule is COc1ccc(OC)c(NC(=O)CN2CCC3(CC2)Nc2ccccc2C2=NCCN23)c1. The summed E-state index contributed by atoms with van der Waals surface area (Å²) in [5.41, 5.74) is 2.83. The number of para-hydroxylation sites is 1. The van der Waals surface area contributed by atoms with E-state index in [1.165, 1.54) is 5.56 Å². The first kappa shape index (κ1) is 20.6. The van der Waals surface area contributed by atoms with Crippen molar-refractivity contribution in [2.24, 2.45) is 4.99 Å². The molecule has 0 aliphatic carbocycles. The lowest BCUT2D eigenvalue weighted by Crippen LogP contribution is -2.63. The van der Waals surface area contributed by atoms with Crippen LogP contribution in [0.5, 0.6) is 11.5 Å². The highest BCUT2D eigenvalue weighted by Gasteiger charge is 2.46. The zero-order valence-corrected chi connectivity index (χ0v) is 18.6. The molecule has 2 aromatic rings. The van der Waals surface area contributed by atoms with E-state index in [4.69, 9.17) is 14.5 Å². The van der Waals surface area contributed by atoms with E-state index < -0.39 is 0 Å². The van der Waals surface area contributed by atoms with Gasteiger partial charge in [-0.15, -0.1) is 0 Å². The molecule has 0 saturated carbocycles. The van der Waals surface area contributed by atoms with Gasteiger partial charge in [-0.1, -0.05) is 12.1 Å². The summed E-state index contributed by atoms with van der Waals surface area (Å²) in [6.45, 7) is 3.78. The highest BCUT2D eigenvalue weighted by Crippen LogP contribution is 2.39. The molecule has 0 aromatic heterocycles. The fraction of sp³-hybridized carbons (Fsp3) is 0.417. The van der Waals surface area contributed by atoms with Crippen molar-refractivity contribution >= 4 is 23.1 Å². The van der Waals surface area contributed by atoms with Gasteiger partial charge in [0.2, 0.25) is 5.91 Å². The number of amides is 1. The molecule has 8 nitrogen and oxygen atoms in total.